The van der Waals surface area contributed by atoms with Crippen LogP contribution < -0.4 is 5.73 Å². The van der Waals surface area contributed by atoms with Gasteiger partial charge in [0.2, 0.25) is 5.91 Å². The normalized spacial score (nSPS) is 23.8. The van der Waals surface area contributed by atoms with E-state index in [1.54, 1.807) is 29.2 Å². The monoisotopic (exact) mass is 371 g/mol. The second-order valence-electron chi connectivity index (χ2n) is 6.39. The minimum atomic E-state index is -0.00310. The maximum absolute atomic E-state index is 12.5. The maximum atomic E-state index is 12.5. The summed E-state index contributed by atoms with van der Waals surface area (Å²) in [7, 11) is 0. The van der Waals surface area contributed by atoms with Gasteiger partial charge in [-0.15, -0.1) is 12.4 Å². The molecule has 24 heavy (non-hydrogen) atoms. The molecule has 2 unspecified atom stereocenters. The number of piperazine rings is 1. The molecule has 2 atom stereocenters. The van der Waals surface area contributed by atoms with Crippen LogP contribution in [-0.2, 0) is 4.79 Å². The summed E-state index contributed by atoms with van der Waals surface area (Å²) in [5, 5.41) is 0.617. The fraction of sp³-hybridized carbons (Fsp3) is 0.529. The molecule has 2 N–H and O–H groups in total. The Morgan fingerprint density at radius 2 is 1.58 bits per heavy atom. The van der Waals surface area contributed by atoms with Gasteiger partial charge in [0, 0.05) is 48.7 Å². The van der Waals surface area contributed by atoms with E-state index in [1.807, 2.05) is 4.90 Å². The van der Waals surface area contributed by atoms with Gasteiger partial charge in [-0.05, 0) is 43.5 Å². The second kappa shape index (κ2) is 8.19. The molecule has 1 saturated carbocycles. The molecular weight excluding hydrogens is 349 g/mol. The molecule has 1 aliphatic heterocycles. The Balaban J connectivity index is 0.00000208. The number of hydrogen-bond donors (Lipinski definition) is 1. The first kappa shape index (κ1) is 19.0. The lowest BCUT2D eigenvalue weighted by molar-refractivity contribution is -0.136. The molecule has 2 aliphatic rings. The van der Waals surface area contributed by atoms with Crippen molar-refractivity contribution >= 4 is 35.8 Å². The molecule has 7 heteroatoms. The highest BCUT2D eigenvalue weighted by molar-refractivity contribution is 6.30. The van der Waals surface area contributed by atoms with Crippen LogP contribution in [0.25, 0.3) is 0 Å². The summed E-state index contributed by atoms with van der Waals surface area (Å²) in [6, 6.07) is 7.08. The molecule has 1 aliphatic carbocycles. The van der Waals surface area contributed by atoms with Crippen molar-refractivity contribution in [3.63, 3.8) is 0 Å². The average Bonchev–Trinajstić information content (AvgIpc) is 3.01. The molecule has 0 radical (unpaired) electrons. The molecule has 3 rings (SSSR count). The van der Waals surface area contributed by atoms with Gasteiger partial charge in [0.1, 0.15) is 0 Å². The molecule has 0 aromatic heterocycles. The number of carbonyl (C=O) groups excluding carboxylic acids is 2. The van der Waals surface area contributed by atoms with Gasteiger partial charge in [-0.25, -0.2) is 0 Å². The van der Waals surface area contributed by atoms with Crippen molar-refractivity contribution in [3.05, 3.63) is 34.9 Å². The lowest BCUT2D eigenvalue weighted by atomic mass is 10.1. The molecule has 1 saturated heterocycles. The molecule has 132 valence electrons. The van der Waals surface area contributed by atoms with Crippen molar-refractivity contribution in [2.75, 3.05) is 26.2 Å². The quantitative estimate of drug-likeness (QED) is 0.865. The van der Waals surface area contributed by atoms with Gasteiger partial charge in [-0.3, -0.25) is 9.59 Å². The summed E-state index contributed by atoms with van der Waals surface area (Å²) in [5.74, 6) is 0.275. The van der Waals surface area contributed by atoms with E-state index in [-0.39, 0.29) is 36.2 Å². The molecule has 1 heterocycles. The summed E-state index contributed by atoms with van der Waals surface area (Å²) >= 11 is 5.85. The molecule has 2 fully saturated rings. The number of nitrogens with two attached hydrogens (primary N) is 1. The number of amides is 2. The molecule has 5 nitrogen and oxygen atoms in total. The van der Waals surface area contributed by atoms with E-state index >= 15 is 0 Å². The number of carbonyl (C=O) groups is 2. The molecular formula is C17H23Cl2N3O2. The lowest BCUT2D eigenvalue weighted by Gasteiger charge is -2.36. The number of benzene rings is 1. The zero-order valence-corrected chi connectivity index (χ0v) is 15.1. The van der Waals surface area contributed by atoms with Crippen LogP contribution in [0, 0.1) is 5.92 Å². The first-order valence-electron chi connectivity index (χ1n) is 8.14. The van der Waals surface area contributed by atoms with Gasteiger partial charge in [-0.2, -0.15) is 0 Å². The fourth-order valence-corrected chi connectivity index (χ4v) is 3.53. The number of halogens is 2. The van der Waals surface area contributed by atoms with Gasteiger partial charge in [0.05, 0.1) is 0 Å². The lowest BCUT2D eigenvalue weighted by Crippen LogP contribution is -2.51. The third kappa shape index (κ3) is 4.21. The van der Waals surface area contributed by atoms with Crippen LogP contribution in [0.3, 0.4) is 0 Å². The minimum Gasteiger partial charge on any atom is -0.339 e. The van der Waals surface area contributed by atoms with Gasteiger partial charge < -0.3 is 15.5 Å². The first-order chi connectivity index (χ1) is 11.0. The Hall–Kier alpha value is -1.30. The summed E-state index contributed by atoms with van der Waals surface area (Å²) in [5.41, 5.74) is 6.53. The third-order valence-electron chi connectivity index (χ3n) is 4.79. The van der Waals surface area contributed by atoms with Crippen molar-refractivity contribution < 1.29 is 9.59 Å². The van der Waals surface area contributed by atoms with Crippen molar-refractivity contribution in [3.8, 4) is 0 Å². The molecule has 1 aromatic carbocycles. The summed E-state index contributed by atoms with van der Waals surface area (Å²) in [6.45, 7) is 2.35. The smallest absolute Gasteiger partial charge is 0.253 e. The van der Waals surface area contributed by atoms with Gasteiger partial charge in [-0.1, -0.05) is 11.6 Å². The summed E-state index contributed by atoms with van der Waals surface area (Å²) < 4.78 is 0. The number of rotatable bonds is 2. The Labute approximate surface area is 153 Å². The van der Waals surface area contributed by atoms with Gasteiger partial charge >= 0.3 is 0 Å². The standard InChI is InChI=1S/C17H22ClN3O2.ClH/c18-14-4-1-12(2-5-14)16(22)20-7-9-21(10-8-20)17(23)13-3-6-15(19)11-13;/h1-2,4-5,13,15H,3,6-11,19H2;1H. The van der Waals surface area contributed by atoms with Gasteiger partial charge in [0.25, 0.3) is 5.91 Å². The molecule has 0 bridgehead atoms. The SMILES string of the molecule is Cl.NC1CCC(C(=O)N2CCN(C(=O)c3ccc(Cl)cc3)CC2)C1. The zero-order valence-electron chi connectivity index (χ0n) is 13.5. The Morgan fingerprint density at radius 1 is 1.00 bits per heavy atom. The van der Waals surface area contributed by atoms with Crippen LogP contribution >= 0.6 is 24.0 Å². The van der Waals surface area contributed by atoms with E-state index in [0.29, 0.717) is 36.8 Å². The van der Waals surface area contributed by atoms with Crippen LogP contribution in [-0.4, -0.2) is 53.8 Å². The van der Waals surface area contributed by atoms with Crippen molar-refractivity contribution in [1.82, 2.24) is 9.80 Å². The Bertz CT molecular complexity index is 586. The Kier molecular flexibility index (Phi) is 6.49. The molecule has 2 amide bonds. The van der Waals surface area contributed by atoms with Crippen LogP contribution in [0.5, 0.6) is 0 Å². The van der Waals surface area contributed by atoms with Crippen LogP contribution in [0.4, 0.5) is 0 Å². The number of hydrogen-bond acceptors (Lipinski definition) is 3. The highest BCUT2D eigenvalue weighted by atomic mass is 35.5. The van der Waals surface area contributed by atoms with Crippen molar-refractivity contribution in [2.24, 2.45) is 11.7 Å². The predicted molar refractivity (Wildman–Crippen MR) is 96.5 cm³/mol. The highest BCUT2D eigenvalue weighted by Crippen LogP contribution is 2.26. The maximum Gasteiger partial charge on any atom is 0.253 e. The summed E-state index contributed by atoms with van der Waals surface area (Å²) in [6.07, 6.45) is 2.62. The highest BCUT2D eigenvalue weighted by Gasteiger charge is 2.33. The fourth-order valence-electron chi connectivity index (χ4n) is 3.40. The number of nitrogens with zero attached hydrogens (tertiary/aromatic N) is 2. The van der Waals surface area contributed by atoms with E-state index in [1.165, 1.54) is 0 Å². The van der Waals surface area contributed by atoms with E-state index < -0.39 is 0 Å². The third-order valence-corrected chi connectivity index (χ3v) is 5.04. The van der Waals surface area contributed by atoms with E-state index in [9.17, 15) is 9.59 Å². The first-order valence-corrected chi connectivity index (χ1v) is 8.51. The van der Waals surface area contributed by atoms with Crippen LogP contribution in [0.2, 0.25) is 5.02 Å². The molecule has 1 aromatic rings. The Morgan fingerprint density at radius 3 is 2.12 bits per heavy atom. The molecule has 0 spiro atoms. The van der Waals surface area contributed by atoms with Gasteiger partial charge in [0.15, 0.2) is 0 Å². The average molecular weight is 372 g/mol. The van der Waals surface area contributed by atoms with Crippen LogP contribution in [0.1, 0.15) is 29.6 Å². The van der Waals surface area contributed by atoms with Crippen molar-refractivity contribution in [1.29, 1.82) is 0 Å². The van der Waals surface area contributed by atoms with Crippen molar-refractivity contribution in [2.45, 2.75) is 25.3 Å². The van der Waals surface area contributed by atoms with E-state index in [4.69, 9.17) is 17.3 Å². The second-order valence-corrected chi connectivity index (χ2v) is 6.83. The predicted octanol–water partition coefficient (Wildman–Crippen LogP) is 2.17. The van der Waals surface area contributed by atoms with E-state index in [2.05, 4.69) is 0 Å². The summed E-state index contributed by atoms with van der Waals surface area (Å²) in [4.78, 5) is 28.6. The topological polar surface area (TPSA) is 66.6 Å². The largest absolute Gasteiger partial charge is 0.339 e. The van der Waals surface area contributed by atoms with Crippen LogP contribution in [0.15, 0.2) is 24.3 Å². The minimum absolute atomic E-state index is 0. The zero-order chi connectivity index (χ0) is 16.4. The van der Waals surface area contributed by atoms with E-state index in [0.717, 1.165) is 19.3 Å².